The smallest absolute Gasteiger partial charge is 0.459 e. The predicted molar refractivity (Wildman–Crippen MR) is 199 cm³/mol. The second-order valence-electron chi connectivity index (χ2n) is 12.3. The van der Waals surface area contributed by atoms with E-state index in [1.165, 1.54) is 19.2 Å². The predicted octanol–water partition coefficient (Wildman–Crippen LogP) is 7.59. The number of phosphoric ester groups is 1. The number of hydrogen-bond donors (Lipinski definition) is 0. The van der Waals surface area contributed by atoms with Crippen LogP contribution < -0.4 is 0 Å². The molecular formula is C42H39O12P. The summed E-state index contributed by atoms with van der Waals surface area (Å²) in [5.74, 6) is -2.26. The highest BCUT2D eigenvalue weighted by atomic mass is 31.2. The zero-order valence-electron chi connectivity index (χ0n) is 29.8. The molecule has 13 heteroatoms. The third-order valence-electron chi connectivity index (χ3n) is 8.47. The summed E-state index contributed by atoms with van der Waals surface area (Å²) in [4.78, 5) is 40.2. The molecule has 284 valence electrons. The Morgan fingerprint density at radius 1 is 0.582 bits per heavy atom. The summed E-state index contributed by atoms with van der Waals surface area (Å²) < 4.78 is 62.1. The quantitative estimate of drug-likeness (QED) is 0.0523. The Morgan fingerprint density at radius 2 is 0.982 bits per heavy atom. The average molecular weight is 767 g/mol. The van der Waals surface area contributed by atoms with E-state index in [1.807, 2.05) is 12.1 Å². The van der Waals surface area contributed by atoms with Crippen LogP contribution >= 0.6 is 7.82 Å². The zero-order valence-corrected chi connectivity index (χ0v) is 30.7. The van der Waals surface area contributed by atoms with Crippen LogP contribution in [0.2, 0.25) is 0 Å². The third kappa shape index (κ3) is 10.8. The van der Waals surface area contributed by atoms with E-state index in [9.17, 15) is 18.9 Å². The van der Waals surface area contributed by atoms with Gasteiger partial charge in [-0.25, -0.2) is 18.9 Å². The van der Waals surface area contributed by atoms with Crippen molar-refractivity contribution in [2.24, 2.45) is 0 Å². The van der Waals surface area contributed by atoms with Gasteiger partial charge in [0.1, 0.15) is 18.8 Å². The molecule has 0 aliphatic carbocycles. The first-order valence-electron chi connectivity index (χ1n) is 17.4. The third-order valence-corrected chi connectivity index (χ3v) is 9.82. The van der Waals surface area contributed by atoms with Gasteiger partial charge in [0.25, 0.3) is 0 Å². The average Bonchev–Trinajstić information content (AvgIpc) is 3.55. The number of rotatable bonds is 17. The zero-order chi connectivity index (χ0) is 38.5. The summed E-state index contributed by atoms with van der Waals surface area (Å²) in [5.41, 5.74) is 1.98. The van der Waals surface area contributed by atoms with Gasteiger partial charge in [0.15, 0.2) is 12.2 Å². The van der Waals surface area contributed by atoms with Crippen molar-refractivity contribution in [2.45, 2.75) is 43.9 Å². The number of ether oxygens (including phenoxy) is 5. The van der Waals surface area contributed by atoms with E-state index in [4.69, 9.17) is 37.3 Å². The van der Waals surface area contributed by atoms with Gasteiger partial charge in [-0.05, 0) is 47.5 Å². The number of benzene rings is 5. The van der Waals surface area contributed by atoms with Gasteiger partial charge in [-0.3, -0.25) is 13.6 Å². The van der Waals surface area contributed by atoms with Crippen molar-refractivity contribution >= 4 is 25.7 Å². The fraction of sp³-hybridized carbons (Fsp3) is 0.214. The van der Waals surface area contributed by atoms with Gasteiger partial charge in [0, 0.05) is 7.11 Å². The van der Waals surface area contributed by atoms with Crippen molar-refractivity contribution < 1.29 is 56.2 Å². The van der Waals surface area contributed by atoms with Crippen LogP contribution in [0, 0.1) is 0 Å². The van der Waals surface area contributed by atoms with Crippen LogP contribution in [0.1, 0.15) is 42.2 Å². The molecule has 1 fully saturated rings. The summed E-state index contributed by atoms with van der Waals surface area (Å²) in [6, 6.07) is 42.5. The molecule has 0 N–H and O–H groups in total. The van der Waals surface area contributed by atoms with E-state index in [0.717, 1.165) is 0 Å². The van der Waals surface area contributed by atoms with E-state index in [1.54, 1.807) is 127 Å². The first-order valence-corrected chi connectivity index (χ1v) is 18.9. The first-order chi connectivity index (χ1) is 26.8. The fourth-order valence-corrected chi connectivity index (χ4v) is 6.85. The Balaban J connectivity index is 1.34. The molecule has 0 saturated carbocycles. The largest absolute Gasteiger partial charge is 0.477 e. The molecule has 1 heterocycles. The molecule has 12 nitrogen and oxygen atoms in total. The molecule has 0 spiro atoms. The number of phosphoric acid groups is 1. The van der Waals surface area contributed by atoms with Crippen LogP contribution in [-0.4, -0.2) is 62.3 Å². The molecule has 1 saturated heterocycles. The van der Waals surface area contributed by atoms with Gasteiger partial charge in [-0.15, -0.1) is 0 Å². The summed E-state index contributed by atoms with van der Waals surface area (Å²) in [6.07, 6.45) is -7.17. The van der Waals surface area contributed by atoms with E-state index >= 15 is 0 Å². The lowest BCUT2D eigenvalue weighted by Gasteiger charge is -2.28. The van der Waals surface area contributed by atoms with Crippen LogP contribution in [0.15, 0.2) is 152 Å². The Hall–Kier alpha value is -5.46. The van der Waals surface area contributed by atoms with Crippen LogP contribution in [0.25, 0.3) is 0 Å². The monoisotopic (exact) mass is 766 g/mol. The Labute approximate surface area is 318 Å². The van der Waals surface area contributed by atoms with Crippen molar-refractivity contribution in [3.63, 3.8) is 0 Å². The number of esters is 3. The fourth-order valence-electron chi connectivity index (χ4n) is 5.62. The van der Waals surface area contributed by atoms with Crippen molar-refractivity contribution in [3.05, 3.63) is 179 Å². The molecule has 5 aromatic carbocycles. The van der Waals surface area contributed by atoms with Gasteiger partial charge in [0.2, 0.25) is 6.29 Å². The van der Waals surface area contributed by atoms with Crippen LogP contribution in [0.5, 0.6) is 0 Å². The molecule has 6 rings (SSSR count). The maximum atomic E-state index is 14.6. The van der Waals surface area contributed by atoms with Crippen molar-refractivity contribution in [1.82, 2.24) is 0 Å². The summed E-state index contributed by atoms with van der Waals surface area (Å²) in [7, 11) is -3.25. The molecule has 0 amide bonds. The lowest BCUT2D eigenvalue weighted by Crippen LogP contribution is -2.46. The molecule has 0 bridgehead atoms. The summed E-state index contributed by atoms with van der Waals surface area (Å²) >= 11 is 0. The van der Waals surface area contributed by atoms with Crippen LogP contribution in [0.3, 0.4) is 0 Å². The topological polar surface area (TPSA) is 142 Å². The van der Waals surface area contributed by atoms with Crippen LogP contribution in [-0.2, 0) is 55.0 Å². The highest BCUT2D eigenvalue weighted by Gasteiger charge is 2.56. The Kier molecular flexibility index (Phi) is 13.7. The minimum atomic E-state index is -4.59. The van der Waals surface area contributed by atoms with E-state index in [0.29, 0.717) is 16.7 Å². The van der Waals surface area contributed by atoms with E-state index in [2.05, 4.69) is 0 Å². The van der Waals surface area contributed by atoms with Crippen LogP contribution in [0.4, 0.5) is 0 Å². The standard InChI is InChI=1S/C42H39O12P/c1-47-35(29-48-39(43)32-21-11-4-12-22-32)36-37(51-40(44)33-23-13-5-14-24-33)38(52-41(45)34-25-15-6-16-26-34)42(53-36)54-55(46,49-27-30-17-7-2-8-18-30)50-28-31-19-9-3-10-20-31/h2-26,35-38,42H,27-29H2,1H3/t35-,36+,37+,38-,42-/m1/s1. The number of carbonyl (C=O) groups is 3. The molecule has 1 aliphatic heterocycles. The SMILES string of the molecule is CO[C@H](COC(=O)c1ccccc1)[C@@H]1O[C@H](OP(=O)(OCc2ccccc2)OCc2ccccc2)[C@H](OC(=O)c2ccccc2)[C@H]1OC(=O)c1ccccc1. The highest BCUT2D eigenvalue weighted by Crippen LogP contribution is 2.54. The highest BCUT2D eigenvalue weighted by molar-refractivity contribution is 7.48. The second kappa shape index (κ2) is 19.2. The van der Waals surface area contributed by atoms with Crippen molar-refractivity contribution in [3.8, 4) is 0 Å². The van der Waals surface area contributed by atoms with Gasteiger partial charge < -0.3 is 23.7 Å². The maximum absolute atomic E-state index is 14.6. The minimum Gasteiger partial charge on any atom is -0.459 e. The maximum Gasteiger partial charge on any atom is 0.477 e. The van der Waals surface area contributed by atoms with Gasteiger partial charge >= 0.3 is 25.7 Å². The van der Waals surface area contributed by atoms with Gasteiger partial charge in [0.05, 0.1) is 29.9 Å². The van der Waals surface area contributed by atoms with E-state index < -0.39 is 56.4 Å². The van der Waals surface area contributed by atoms with Gasteiger partial charge in [-0.2, -0.15) is 0 Å². The molecule has 0 aromatic heterocycles. The molecule has 0 radical (unpaired) electrons. The molecule has 1 aliphatic rings. The Bertz CT molecular complexity index is 1970. The summed E-state index contributed by atoms with van der Waals surface area (Å²) in [6.45, 7) is -0.743. The molecule has 55 heavy (non-hydrogen) atoms. The molecular weight excluding hydrogens is 727 g/mol. The first kappa shape index (κ1) is 39.2. The van der Waals surface area contributed by atoms with Gasteiger partial charge in [-0.1, -0.05) is 115 Å². The Morgan fingerprint density at radius 3 is 1.42 bits per heavy atom. The normalized spacial score (nSPS) is 18.6. The number of methoxy groups -OCH3 is 1. The summed E-state index contributed by atoms with van der Waals surface area (Å²) in [5, 5.41) is 0. The van der Waals surface area contributed by atoms with Crippen molar-refractivity contribution in [1.29, 1.82) is 0 Å². The lowest BCUT2D eigenvalue weighted by molar-refractivity contribution is -0.154. The lowest BCUT2D eigenvalue weighted by atomic mass is 10.0. The molecule has 5 aromatic rings. The minimum absolute atomic E-state index is 0.168. The number of carbonyl (C=O) groups excluding carboxylic acids is 3. The van der Waals surface area contributed by atoms with Crippen molar-refractivity contribution in [2.75, 3.05) is 13.7 Å². The molecule has 5 atom stereocenters. The van der Waals surface area contributed by atoms with E-state index in [-0.39, 0.29) is 30.9 Å². The number of hydrogen-bond acceptors (Lipinski definition) is 12. The molecule has 0 unspecified atom stereocenters. The second-order valence-corrected chi connectivity index (χ2v) is 13.9.